The highest BCUT2D eigenvalue weighted by Gasteiger charge is 2.52. The van der Waals surface area contributed by atoms with Gasteiger partial charge in [-0.05, 0) is 154 Å². The number of para-hydroxylation sites is 1. The van der Waals surface area contributed by atoms with Crippen LogP contribution >= 0.6 is 0 Å². The summed E-state index contributed by atoms with van der Waals surface area (Å²) in [6.45, 7) is 46.7. The van der Waals surface area contributed by atoms with E-state index < -0.39 is 27.1 Å². The van der Waals surface area contributed by atoms with Crippen molar-refractivity contribution in [2.45, 2.75) is 243 Å². The van der Waals surface area contributed by atoms with Crippen LogP contribution in [0.25, 0.3) is 0 Å². The maximum Gasteiger partial charge on any atom is 0.228 e. The van der Waals surface area contributed by atoms with Crippen LogP contribution in [0.1, 0.15) is 208 Å². The van der Waals surface area contributed by atoms with Crippen LogP contribution in [0.15, 0.2) is 97.8 Å². The van der Waals surface area contributed by atoms with Gasteiger partial charge in [0.2, 0.25) is 59.1 Å². The first-order chi connectivity index (χ1) is 49.6. The Hall–Kier alpha value is -9.48. The van der Waals surface area contributed by atoms with Crippen LogP contribution in [-0.4, -0.2) is 144 Å². The van der Waals surface area contributed by atoms with Crippen molar-refractivity contribution in [1.29, 1.82) is 0 Å². The molecule has 0 aliphatic carbocycles. The number of anilines is 5. The predicted octanol–water partition coefficient (Wildman–Crippen LogP) is 12.0. The molecular formula is C82H130N14O10. The second-order valence-electron chi connectivity index (χ2n) is 26.3. The van der Waals surface area contributed by atoms with Crippen LogP contribution in [0.4, 0.5) is 28.6 Å². The summed E-state index contributed by atoms with van der Waals surface area (Å²) < 4.78 is 0. The predicted molar refractivity (Wildman–Crippen MR) is 429 cm³/mol. The van der Waals surface area contributed by atoms with Gasteiger partial charge >= 0.3 is 0 Å². The molecule has 0 radical (unpaired) electrons. The molecule has 24 nitrogen and oxygen atoms in total. The molecule has 5 aliphatic rings. The lowest BCUT2D eigenvalue weighted by Crippen LogP contribution is -2.57. The lowest BCUT2D eigenvalue weighted by atomic mass is 9.72. The summed E-state index contributed by atoms with van der Waals surface area (Å²) in [6.07, 6.45) is 13.1. The van der Waals surface area contributed by atoms with E-state index in [9.17, 15) is 47.9 Å². The Morgan fingerprint density at radius 2 is 0.613 bits per heavy atom. The van der Waals surface area contributed by atoms with Gasteiger partial charge in [-0.2, -0.15) is 0 Å². The number of aromatic nitrogens is 4. The van der Waals surface area contributed by atoms with Crippen molar-refractivity contribution < 1.29 is 47.9 Å². The van der Waals surface area contributed by atoms with Crippen LogP contribution in [0.3, 0.4) is 0 Å². The highest BCUT2D eigenvalue weighted by Crippen LogP contribution is 2.46. The minimum absolute atomic E-state index is 0. The average Bonchev–Trinajstić information content (AvgIpc) is 0.786. The number of benzene rings is 1. The quantitative estimate of drug-likeness (QED) is 0.109. The van der Waals surface area contributed by atoms with Crippen molar-refractivity contribution >= 4 is 87.6 Å². The zero-order chi connectivity index (χ0) is 81.0. The molecule has 24 heteroatoms. The summed E-state index contributed by atoms with van der Waals surface area (Å²) in [5.41, 5.74) is 4.90. The van der Waals surface area contributed by atoms with Gasteiger partial charge in [-0.1, -0.05) is 101 Å². The molecule has 9 heterocycles. The number of carbonyl (C=O) groups excluding carboxylic acids is 10. The molecule has 0 bridgehead atoms. The number of fused-ring (bicyclic) bond motifs is 5. The molecule has 10 rings (SSSR count). The summed E-state index contributed by atoms with van der Waals surface area (Å²) in [6, 6.07) is 17.9. The Morgan fingerprint density at radius 3 is 1.02 bits per heavy atom. The van der Waals surface area contributed by atoms with Crippen molar-refractivity contribution in [2.75, 3.05) is 59.7 Å². The van der Waals surface area contributed by atoms with Crippen molar-refractivity contribution in [3.63, 3.8) is 0 Å². The van der Waals surface area contributed by atoms with Gasteiger partial charge in [-0.25, -0.2) is 4.98 Å². The summed E-state index contributed by atoms with van der Waals surface area (Å²) >= 11 is 0. The summed E-state index contributed by atoms with van der Waals surface area (Å²) in [5, 5.41) is 13.5. The normalized spacial score (nSPS) is 23.3. The third kappa shape index (κ3) is 20.6. The molecular weight excluding hydrogens is 1340 g/mol. The molecule has 10 amide bonds. The SMILES string of the molecule is C.CC.CC.CC.CC.CC.CNC(=O)[C@@]1(C)Cc2ccccc2N(C(C)=O)[C@H]1C.CNC(=O)[C@@]1(C)Cc2cccnc2N(C(C)=O)[C@H]1C.CNC(=O)[C@@]1(C)Cc2ccncc2N(C(C)=O)[C@H]1C.CNC(=O)[C@@]1(C)Cc2cnccc2N(C(C)=O)[C@H]1C.CNC(=O)[C@@]1(C)Cc2ncccc2N(C(C)=O)[C@H]1C. The minimum atomic E-state index is -0.665. The fourth-order valence-electron chi connectivity index (χ4n) is 14.1. The van der Waals surface area contributed by atoms with Crippen molar-refractivity contribution in [2.24, 2.45) is 27.1 Å². The standard InChI is InChI=1S/C15H20N2O2.4C14H19N3O2.5C2H6.CH4/c1-10-15(3,14(19)16-4)9-12-7-5-6-8-13(12)17(10)11(2)18;1-9-14(3,13(19)15-4)7-11-8-16-6-5-12(11)17(9)10(2)18;1-9-14(3,13(19)15-4)7-11-5-6-16-8-12(11)17(9)10(2)18;1-9-14(3,13(19)15-4)8-11-12(6-5-7-16-11)17(9)10(2)18;1-9-14(3,13(19)15-4)8-11-6-5-7-16-12(11)17(9)10(2)18;5*1-2;/h5-8,10H,9H2,1-4H3,(H,16,19);2*5-6,8-9H,7H2,1-4H3,(H,15,19);2*5-7,9H,8H2,1-4H3,(H,15,19);5*1-2H3;1H4/t10-,15-;4*9-,14-;;;;;;/m00000....../s1. The number of carbonyl (C=O) groups is 10. The molecule has 1 aromatic carbocycles. The van der Waals surface area contributed by atoms with E-state index >= 15 is 0 Å². The maximum absolute atomic E-state index is 12.2. The first-order valence-electron chi connectivity index (χ1n) is 37.0. The van der Waals surface area contributed by atoms with Gasteiger partial charge in [0.25, 0.3) is 0 Å². The zero-order valence-electron chi connectivity index (χ0n) is 68.8. The highest BCUT2D eigenvalue weighted by molar-refractivity contribution is 6.00. The number of amides is 10. The summed E-state index contributed by atoms with van der Waals surface area (Å²) in [5.74, 6) is 0.0855. The molecule has 0 unspecified atom stereocenters. The molecule has 0 saturated heterocycles. The van der Waals surface area contributed by atoms with Gasteiger partial charge in [0.15, 0.2) is 0 Å². The first-order valence-corrected chi connectivity index (χ1v) is 37.0. The largest absolute Gasteiger partial charge is 0.359 e. The Bertz CT molecular complexity index is 3200. The number of hydrogen-bond acceptors (Lipinski definition) is 14. The van der Waals surface area contributed by atoms with Crippen LogP contribution in [0.5, 0.6) is 0 Å². The monoisotopic (exact) mass is 1470 g/mol. The van der Waals surface area contributed by atoms with E-state index in [1.165, 1.54) is 27.7 Å². The van der Waals surface area contributed by atoms with Crippen LogP contribution in [0, 0.1) is 27.1 Å². The van der Waals surface area contributed by atoms with E-state index in [-0.39, 0.29) is 96.7 Å². The fraction of sp³-hybridized carbons (Fsp3) is 0.561. The Morgan fingerprint density at radius 1 is 0.330 bits per heavy atom. The summed E-state index contributed by atoms with van der Waals surface area (Å²) in [7, 11) is 8.13. The average molecular weight is 1470 g/mol. The second-order valence-corrected chi connectivity index (χ2v) is 26.3. The van der Waals surface area contributed by atoms with E-state index in [0.717, 1.165) is 50.7 Å². The van der Waals surface area contributed by atoms with Gasteiger partial charge in [0.1, 0.15) is 5.82 Å². The van der Waals surface area contributed by atoms with Gasteiger partial charge in [-0.15, -0.1) is 0 Å². The molecule has 106 heavy (non-hydrogen) atoms. The highest BCUT2D eigenvalue weighted by atomic mass is 16.2. The van der Waals surface area contributed by atoms with E-state index in [4.69, 9.17) is 0 Å². The lowest BCUT2D eigenvalue weighted by Gasteiger charge is -2.45. The molecule has 4 aromatic heterocycles. The van der Waals surface area contributed by atoms with Crippen LogP contribution in [0.2, 0.25) is 0 Å². The molecule has 0 saturated carbocycles. The van der Waals surface area contributed by atoms with E-state index in [0.29, 0.717) is 37.9 Å². The lowest BCUT2D eigenvalue weighted by molar-refractivity contribution is -0.132. The van der Waals surface area contributed by atoms with Gasteiger partial charge < -0.3 is 46.2 Å². The topological polar surface area (TPSA) is 299 Å². The fourth-order valence-corrected chi connectivity index (χ4v) is 14.1. The minimum Gasteiger partial charge on any atom is -0.359 e. The number of pyridine rings is 4. The summed E-state index contributed by atoms with van der Waals surface area (Å²) in [4.78, 5) is 146. The number of nitrogens with one attached hydrogen (secondary N) is 5. The molecule has 588 valence electrons. The molecule has 5 aromatic rings. The third-order valence-electron chi connectivity index (χ3n) is 20.5. The molecule has 5 aliphatic heterocycles. The van der Waals surface area contributed by atoms with E-state index in [1.54, 1.807) is 104 Å². The van der Waals surface area contributed by atoms with Gasteiger partial charge in [0, 0.05) is 137 Å². The molecule has 10 atom stereocenters. The third-order valence-corrected chi connectivity index (χ3v) is 20.5. The Balaban J connectivity index is 0.00000126. The van der Waals surface area contributed by atoms with Crippen molar-refractivity contribution in [3.8, 4) is 0 Å². The van der Waals surface area contributed by atoms with Crippen LogP contribution < -0.4 is 51.1 Å². The first kappa shape index (κ1) is 96.5. The Labute approximate surface area is 634 Å². The van der Waals surface area contributed by atoms with Gasteiger partial charge in [0.05, 0.1) is 62.1 Å². The molecule has 5 N–H and O–H groups in total. The number of hydrogen-bond donors (Lipinski definition) is 5. The number of nitrogens with zero attached hydrogens (tertiary/aromatic N) is 9. The van der Waals surface area contributed by atoms with E-state index in [1.807, 2.05) is 199 Å². The number of rotatable bonds is 5. The zero-order valence-corrected chi connectivity index (χ0v) is 68.8. The Kier molecular flexibility index (Phi) is 39.4. The van der Waals surface area contributed by atoms with Crippen molar-refractivity contribution in [1.82, 2.24) is 46.5 Å². The van der Waals surface area contributed by atoms with Crippen LogP contribution in [-0.2, 0) is 80.0 Å². The molecule has 0 spiro atoms. The smallest absolute Gasteiger partial charge is 0.228 e. The van der Waals surface area contributed by atoms with E-state index in [2.05, 4.69) is 46.5 Å². The second kappa shape index (κ2) is 43.2. The molecule has 0 fully saturated rings. The van der Waals surface area contributed by atoms with Crippen molar-refractivity contribution in [3.05, 3.63) is 126 Å². The maximum atomic E-state index is 12.2. The van der Waals surface area contributed by atoms with Gasteiger partial charge in [-0.3, -0.25) is 67.8 Å².